The van der Waals surface area contributed by atoms with Crippen LogP contribution < -0.4 is 0 Å². The summed E-state index contributed by atoms with van der Waals surface area (Å²) in [6.07, 6.45) is 3.38. The largest absolute Gasteiger partial charge is 0.335 e. The van der Waals surface area contributed by atoms with E-state index in [9.17, 15) is 4.79 Å². The molecule has 1 aromatic heterocycles. The summed E-state index contributed by atoms with van der Waals surface area (Å²) in [5, 5.41) is 4.38. The molecule has 0 bridgehead atoms. The number of rotatable bonds is 4. The summed E-state index contributed by atoms with van der Waals surface area (Å²) in [6.45, 7) is 4.42. The molecule has 100 valence electrons. The van der Waals surface area contributed by atoms with Gasteiger partial charge in [-0.05, 0) is 26.6 Å². The van der Waals surface area contributed by atoms with Gasteiger partial charge in [0.1, 0.15) is 0 Å². The van der Waals surface area contributed by atoms with E-state index in [1.54, 1.807) is 0 Å². The fourth-order valence-electron chi connectivity index (χ4n) is 2.51. The maximum atomic E-state index is 12.0. The van der Waals surface area contributed by atoms with Gasteiger partial charge < -0.3 is 9.80 Å². The van der Waals surface area contributed by atoms with E-state index >= 15 is 0 Å². The van der Waals surface area contributed by atoms with Crippen LogP contribution in [0.3, 0.4) is 0 Å². The van der Waals surface area contributed by atoms with Gasteiger partial charge in [-0.1, -0.05) is 6.92 Å². The lowest BCUT2D eigenvalue weighted by atomic mass is 10.1. The molecule has 0 saturated carbocycles. The maximum Gasteiger partial charge on any atom is 0.222 e. The molecule has 0 saturated heterocycles. The third kappa shape index (κ3) is 2.72. The maximum absolute atomic E-state index is 12.0. The number of likely N-dealkylation sites (N-methyl/N-ethyl adjacent to an activating group) is 1. The van der Waals surface area contributed by atoms with Gasteiger partial charge in [0.25, 0.3) is 0 Å². The minimum Gasteiger partial charge on any atom is -0.335 e. The van der Waals surface area contributed by atoms with Gasteiger partial charge in [-0.2, -0.15) is 5.10 Å². The molecule has 1 atom stereocenters. The van der Waals surface area contributed by atoms with E-state index in [1.165, 1.54) is 0 Å². The first kappa shape index (κ1) is 13.1. The molecule has 0 N–H and O–H groups in total. The average molecular weight is 250 g/mol. The molecule has 18 heavy (non-hydrogen) atoms. The summed E-state index contributed by atoms with van der Waals surface area (Å²) in [4.78, 5) is 16.2. The second kappa shape index (κ2) is 5.52. The van der Waals surface area contributed by atoms with Gasteiger partial charge in [-0.3, -0.25) is 9.48 Å². The smallest absolute Gasteiger partial charge is 0.222 e. The Kier molecular flexibility index (Phi) is 4.01. The first-order valence-electron chi connectivity index (χ1n) is 6.56. The number of amides is 1. The summed E-state index contributed by atoms with van der Waals surface area (Å²) in [5.41, 5.74) is 1.14. The Morgan fingerprint density at radius 2 is 2.33 bits per heavy atom. The van der Waals surface area contributed by atoms with Crippen molar-refractivity contribution in [1.29, 1.82) is 0 Å². The van der Waals surface area contributed by atoms with E-state index in [0.717, 1.165) is 25.2 Å². The minimum absolute atomic E-state index is 0.258. The van der Waals surface area contributed by atoms with Gasteiger partial charge >= 0.3 is 0 Å². The van der Waals surface area contributed by atoms with Crippen LogP contribution in [-0.4, -0.2) is 52.7 Å². The fourth-order valence-corrected chi connectivity index (χ4v) is 2.51. The highest BCUT2D eigenvalue weighted by molar-refractivity contribution is 5.76. The molecule has 0 radical (unpaired) electrons. The van der Waals surface area contributed by atoms with E-state index in [4.69, 9.17) is 0 Å². The number of aromatic nitrogens is 2. The topological polar surface area (TPSA) is 41.4 Å². The second-order valence-corrected chi connectivity index (χ2v) is 5.21. The molecule has 5 heteroatoms. The SMILES string of the molecule is CCCC(=O)N1Cc2ccnn2[C@@H](CN(C)C)C1. The van der Waals surface area contributed by atoms with Gasteiger partial charge in [-0.25, -0.2) is 0 Å². The molecular weight excluding hydrogens is 228 g/mol. The molecule has 1 aromatic rings. The lowest BCUT2D eigenvalue weighted by molar-refractivity contribution is -0.133. The summed E-state index contributed by atoms with van der Waals surface area (Å²) in [5.74, 6) is 0.258. The first-order chi connectivity index (χ1) is 8.61. The molecular formula is C13H22N4O. The van der Waals surface area contributed by atoms with Crippen molar-refractivity contribution in [3.05, 3.63) is 18.0 Å². The highest BCUT2D eigenvalue weighted by atomic mass is 16.2. The van der Waals surface area contributed by atoms with Crippen molar-refractivity contribution in [1.82, 2.24) is 19.6 Å². The summed E-state index contributed by atoms with van der Waals surface area (Å²) >= 11 is 0. The molecule has 2 heterocycles. The van der Waals surface area contributed by atoms with E-state index in [-0.39, 0.29) is 11.9 Å². The number of nitrogens with zero attached hydrogens (tertiary/aromatic N) is 4. The van der Waals surface area contributed by atoms with Crippen LogP contribution in [-0.2, 0) is 11.3 Å². The molecule has 0 aromatic carbocycles. The predicted molar refractivity (Wildman–Crippen MR) is 70.1 cm³/mol. The number of hydrogen-bond donors (Lipinski definition) is 0. The lowest BCUT2D eigenvalue weighted by Crippen LogP contribution is -2.44. The van der Waals surface area contributed by atoms with Crippen LogP contribution in [0.15, 0.2) is 12.3 Å². The molecule has 2 rings (SSSR count). The summed E-state index contributed by atoms with van der Waals surface area (Å²) in [7, 11) is 4.10. The lowest BCUT2D eigenvalue weighted by Gasteiger charge is -2.35. The zero-order chi connectivity index (χ0) is 13.1. The van der Waals surface area contributed by atoms with E-state index < -0.39 is 0 Å². The second-order valence-electron chi connectivity index (χ2n) is 5.21. The van der Waals surface area contributed by atoms with E-state index in [2.05, 4.69) is 28.8 Å². The molecule has 1 aliphatic heterocycles. The molecule has 0 spiro atoms. The van der Waals surface area contributed by atoms with Crippen LogP contribution >= 0.6 is 0 Å². The highest BCUT2D eigenvalue weighted by Crippen LogP contribution is 2.21. The van der Waals surface area contributed by atoms with Crippen LogP contribution in [0, 0.1) is 0 Å². The van der Waals surface area contributed by atoms with Gasteiger partial charge in [-0.15, -0.1) is 0 Å². The zero-order valence-electron chi connectivity index (χ0n) is 11.5. The van der Waals surface area contributed by atoms with Gasteiger partial charge in [0.2, 0.25) is 5.91 Å². The standard InChI is InChI=1S/C13H22N4O/c1-4-5-13(18)16-9-11-6-7-14-17(11)12(10-16)8-15(2)3/h6-7,12H,4-5,8-10H2,1-3H3/t12-/m0/s1. The fraction of sp³-hybridized carbons (Fsp3) is 0.692. The Hall–Kier alpha value is -1.36. The monoisotopic (exact) mass is 250 g/mol. The van der Waals surface area contributed by atoms with Gasteiger partial charge in [0, 0.05) is 25.7 Å². The van der Waals surface area contributed by atoms with Crippen LogP contribution in [0.1, 0.15) is 31.5 Å². The average Bonchev–Trinajstić information content (AvgIpc) is 2.76. The zero-order valence-corrected chi connectivity index (χ0v) is 11.5. The van der Waals surface area contributed by atoms with Gasteiger partial charge in [0.15, 0.2) is 0 Å². The Bertz CT molecular complexity index is 413. The Morgan fingerprint density at radius 1 is 1.56 bits per heavy atom. The number of carbonyl (C=O) groups excluding carboxylic acids is 1. The van der Waals surface area contributed by atoms with Crippen molar-refractivity contribution in [3.63, 3.8) is 0 Å². The molecule has 5 nitrogen and oxygen atoms in total. The third-order valence-electron chi connectivity index (χ3n) is 3.27. The number of hydrogen-bond acceptors (Lipinski definition) is 3. The van der Waals surface area contributed by atoms with E-state index in [1.807, 2.05) is 24.1 Å². The number of carbonyl (C=O) groups is 1. The molecule has 0 fully saturated rings. The van der Waals surface area contributed by atoms with Crippen LogP contribution in [0.5, 0.6) is 0 Å². The molecule has 1 aliphatic rings. The molecule has 0 aliphatic carbocycles. The normalized spacial score (nSPS) is 19.1. The van der Waals surface area contributed by atoms with E-state index in [0.29, 0.717) is 13.0 Å². The van der Waals surface area contributed by atoms with Crippen LogP contribution in [0.2, 0.25) is 0 Å². The predicted octanol–water partition coefficient (Wildman–Crippen LogP) is 1.13. The molecule has 0 unspecified atom stereocenters. The quantitative estimate of drug-likeness (QED) is 0.804. The van der Waals surface area contributed by atoms with Crippen molar-refractivity contribution in [2.45, 2.75) is 32.4 Å². The third-order valence-corrected chi connectivity index (χ3v) is 3.27. The number of fused-ring (bicyclic) bond motifs is 1. The highest BCUT2D eigenvalue weighted by Gasteiger charge is 2.28. The van der Waals surface area contributed by atoms with Crippen LogP contribution in [0.4, 0.5) is 0 Å². The van der Waals surface area contributed by atoms with Crippen molar-refractivity contribution in [2.24, 2.45) is 0 Å². The Morgan fingerprint density at radius 3 is 3.00 bits per heavy atom. The van der Waals surface area contributed by atoms with Crippen molar-refractivity contribution < 1.29 is 4.79 Å². The molecule has 1 amide bonds. The van der Waals surface area contributed by atoms with Crippen LogP contribution in [0.25, 0.3) is 0 Å². The van der Waals surface area contributed by atoms with Crippen molar-refractivity contribution >= 4 is 5.91 Å². The van der Waals surface area contributed by atoms with Crippen molar-refractivity contribution in [2.75, 3.05) is 27.2 Å². The summed E-state index contributed by atoms with van der Waals surface area (Å²) in [6, 6.07) is 2.27. The first-order valence-corrected chi connectivity index (χ1v) is 6.56. The Balaban J connectivity index is 2.14. The van der Waals surface area contributed by atoms with Crippen molar-refractivity contribution in [3.8, 4) is 0 Å². The van der Waals surface area contributed by atoms with Gasteiger partial charge in [0.05, 0.1) is 18.3 Å². The summed E-state index contributed by atoms with van der Waals surface area (Å²) < 4.78 is 2.07. The Labute approximate surface area is 108 Å². The minimum atomic E-state index is 0.258.